The van der Waals surface area contributed by atoms with Crippen molar-refractivity contribution in [3.05, 3.63) is 45.1 Å². The van der Waals surface area contributed by atoms with E-state index in [-0.39, 0.29) is 30.1 Å². The third kappa shape index (κ3) is 5.59. The van der Waals surface area contributed by atoms with Crippen LogP contribution in [0, 0.1) is 5.82 Å². The third-order valence-corrected chi connectivity index (χ3v) is 3.58. The molecule has 0 fully saturated rings. The van der Waals surface area contributed by atoms with Crippen LogP contribution in [0.3, 0.4) is 0 Å². The number of nitrogens with zero attached hydrogens (tertiary/aromatic N) is 3. The largest absolute Gasteiger partial charge is 0.488 e. The van der Waals surface area contributed by atoms with Crippen LogP contribution in [0.1, 0.15) is 19.5 Å². The van der Waals surface area contributed by atoms with Crippen LogP contribution in [0.2, 0.25) is 5.02 Å². The number of alkyl halides is 3. The van der Waals surface area contributed by atoms with Gasteiger partial charge in [0.25, 0.3) is 5.56 Å². The smallest absolute Gasteiger partial charge is 0.433 e. The van der Waals surface area contributed by atoms with Gasteiger partial charge in [0.2, 0.25) is 0 Å². The zero-order valence-electron chi connectivity index (χ0n) is 15.5. The molecule has 0 unspecified atom stereocenters. The lowest BCUT2D eigenvalue weighted by Gasteiger charge is -2.15. The molecule has 29 heavy (non-hydrogen) atoms. The molecule has 0 spiro atoms. The summed E-state index contributed by atoms with van der Waals surface area (Å²) in [7, 11) is 0.997. The van der Waals surface area contributed by atoms with Crippen molar-refractivity contribution in [3.8, 4) is 17.4 Å². The molecular weight excluding hydrogens is 422 g/mol. The van der Waals surface area contributed by atoms with Crippen LogP contribution < -0.4 is 15.0 Å². The van der Waals surface area contributed by atoms with Crippen LogP contribution in [-0.4, -0.2) is 35.6 Å². The van der Waals surface area contributed by atoms with Gasteiger partial charge in [0, 0.05) is 12.1 Å². The van der Waals surface area contributed by atoms with Gasteiger partial charge in [0.15, 0.2) is 12.3 Å². The van der Waals surface area contributed by atoms with Gasteiger partial charge in [-0.1, -0.05) is 16.8 Å². The standard InChI is InChI=1S/C17H16ClF4N3O4/c1-9(2)24-29-5-4-28-13-7-12(11(19)6-10(13)18)25-15(26)8-14(17(20,21)22)23-16(25)27-3/h6-8H,4-5H2,1-3H3. The Labute approximate surface area is 167 Å². The van der Waals surface area contributed by atoms with Crippen LogP contribution in [0.4, 0.5) is 17.6 Å². The molecule has 0 aliphatic rings. The van der Waals surface area contributed by atoms with Crippen LogP contribution in [0.15, 0.2) is 28.1 Å². The average Bonchev–Trinajstić information content (AvgIpc) is 2.61. The SMILES string of the molecule is COc1nc(C(F)(F)F)cc(=O)n1-c1cc(OCCON=C(C)C)c(Cl)cc1F. The van der Waals surface area contributed by atoms with E-state index >= 15 is 0 Å². The highest BCUT2D eigenvalue weighted by atomic mass is 35.5. The van der Waals surface area contributed by atoms with E-state index in [2.05, 4.69) is 10.1 Å². The monoisotopic (exact) mass is 437 g/mol. The second kappa shape index (κ2) is 9.12. The Morgan fingerprint density at radius 3 is 2.52 bits per heavy atom. The van der Waals surface area contributed by atoms with Crippen molar-refractivity contribution in [1.82, 2.24) is 9.55 Å². The molecule has 0 bridgehead atoms. The molecule has 0 aliphatic heterocycles. The molecule has 0 N–H and O–H groups in total. The number of hydrogen-bond donors (Lipinski definition) is 0. The number of benzene rings is 1. The van der Waals surface area contributed by atoms with Gasteiger partial charge in [0.1, 0.15) is 18.2 Å². The lowest BCUT2D eigenvalue weighted by Crippen LogP contribution is -2.25. The summed E-state index contributed by atoms with van der Waals surface area (Å²) in [6.07, 6.45) is -4.88. The first kappa shape index (κ1) is 22.5. The highest BCUT2D eigenvalue weighted by Gasteiger charge is 2.35. The first-order chi connectivity index (χ1) is 13.5. The van der Waals surface area contributed by atoms with E-state index in [1.54, 1.807) is 13.8 Å². The van der Waals surface area contributed by atoms with Gasteiger partial charge >= 0.3 is 12.2 Å². The highest BCUT2D eigenvalue weighted by Crippen LogP contribution is 2.32. The summed E-state index contributed by atoms with van der Waals surface area (Å²) in [4.78, 5) is 20.4. The number of ether oxygens (including phenoxy) is 2. The maximum Gasteiger partial charge on any atom is 0.433 e. The summed E-state index contributed by atoms with van der Waals surface area (Å²) in [5.41, 5.74) is -2.43. The molecule has 12 heteroatoms. The van der Waals surface area contributed by atoms with Gasteiger partial charge in [-0.15, -0.1) is 0 Å². The summed E-state index contributed by atoms with van der Waals surface area (Å²) in [6.45, 7) is 3.50. The number of oxime groups is 1. The van der Waals surface area contributed by atoms with Crippen molar-refractivity contribution in [3.63, 3.8) is 0 Å². The van der Waals surface area contributed by atoms with Crippen molar-refractivity contribution < 1.29 is 31.9 Å². The van der Waals surface area contributed by atoms with E-state index in [4.69, 9.17) is 25.9 Å². The van der Waals surface area contributed by atoms with Gasteiger partial charge < -0.3 is 14.3 Å². The topological polar surface area (TPSA) is 74.9 Å². The average molecular weight is 438 g/mol. The Morgan fingerprint density at radius 1 is 1.24 bits per heavy atom. The fourth-order valence-corrected chi connectivity index (χ4v) is 2.33. The molecule has 158 valence electrons. The lowest BCUT2D eigenvalue weighted by molar-refractivity contribution is -0.141. The lowest BCUT2D eigenvalue weighted by atomic mass is 10.2. The predicted molar refractivity (Wildman–Crippen MR) is 96.6 cm³/mol. The minimum atomic E-state index is -4.88. The fourth-order valence-electron chi connectivity index (χ4n) is 2.13. The summed E-state index contributed by atoms with van der Waals surface area (Å²) in [6, 6.07) is 1.37. The van der Waals surface area contributed by atoms with Gasteiger partial charge in [-0.2, -0.15) is 18.2 Å². The van der Waals surface area contributed by atoms with Gasteiger partial charge in [-0.3, -0.25) is 4.79 Å². The predicted octanol–water partition coefficient (Wildman–Crippen LogP) is 3.84. The maximum absolute atomic E-state index is 14.4. The molecule has 1 aromatic carbocycles. The Kier molecular flexibility index (Phi) is 7.07. The summed E-state index contributed by atoms with van der Waals surface area (Å²) in [5, 5.41) is 3.58. The molecule has 1 aromatic heterocycles. The van der Waals surface area contributed by atoms with Crippen LogP contribution in [-0.2, 0) is 11.0 Å². The molecular formula is C17H16ClF4N3O4. The van der Waals surface area contributed by atoms with Crippen molar-refractivity contribution in [1.29, 1.82) is 0 Å². The van der Waals surface area contributed by atoms with Crippen molar-refractivity contribution in [2.75, 3.05) is 20.3 Å². The Bertz CT molecular complexity index is 972. The van der Waals surface area contributed by atoms with Crippen LogP contribution in [0.25, 0.3) is 5.69 Å². The normalized spacial score (nSPS) is 11.2. The number of methoxy groups -OCH3 is 1. The molecule has 0 atom stereocenters. The van der Waals surface area contributed by atoms with Crippen LogP contribution in [0.5, 0.6) is 11.8 Å². The second-order valence-corrected chi connectivity index (χ2v) is 6.16. The van der Waals surface area contributed by atoms with E-state index in [9.17, 15) is 22.4 Å². The van der Waals surface area contributed by atoms with E-state index in [1.165, 1.54) is 0 Å². The molecule has 0 saturated heterocycles. The Balaban J connectivity index is 2.42. The van der Waals surface area contributed by atoms with E-state index < -0.39 is 34.9 Å². The number of hydrogen-bond acceptors (Lipinski definition) is 6. The van der Waals surface area contributed by atoms with Gasteiger partial charge in [-0.25, -0.2) is 8.96 Å². The van der Waals surface area contributed by atoms with Crippen molar-refractivity contribution >= 4 is 17.3 Å². The molecule has 1 heterocycles. The minimum absolute atomic E-state index is 0.0150. The Hall–Kier alpha value is -2.82. The molecule has 0 radical (unpaired) electrons. The molecule has 0 aliphatic carbocycles. The summed E-state index contributed by atoms with van der Waals surface area (Å²) in [5.74, 6) is -1.02. The van der Waals surface area contributed by atoms with Gasteiger partial charge in [0.05, 0.1) is 23.5 Å². The molecule has 0 amide bonds. The fraction of sp³-hybridized carbons (Fsp3) is 0.353. The third-order valence-electron chi connectivity index (χ3n) is 3.28. The maximum atomic E-state index is 14.4. The van der Waals surface area contributed by atoms with Crippen molar-refractivity contribution in [2.45, 2.75) is 20.0 Å². The number of aromatic nitrogens is 2. The van der Waals surface area contributed by atoms with E-state index in [0.29, 0.717) is 10.3 Å². The Morgan fingerprint density at radius 2 is 1.93 bits per heavy atom. The summed E-state index contributed by atoms with van der Waals surface area (Å²) >= 11 is 5.93. The quantitative estimate of drug-likeness (QED) is 0.285. The van der Waals surface area contributed by atoms with Crippen molar-refractivity contribution in [2.24, 2.45) is 5.16 Å². The molecule has 7 nitrogen and oxygen atoms in total. The van der Waals surface area contributed by atoms with E-state index in [1.807, 2.05) is 0 Å². The molecule has 2 aromatic rings. The molecule has 0 saturated carbocycles. The molecule has 2 rings (SSSR count). The second-order valence-electron chi connectivity index (χ2n) is 5.75. The first-order valence-corrected chi connectivity index (χ1v) is 8.43. The van der Waals surface area contributed by atoms with Crippen LogP contribution >= 0.6 is 11.6 Å². The zero-order valence-corrected chi connectivity index (χ0v) is 16.3. The minimum Gasteiger partial charge on any atom is -0.488 e. The first-order valence-electron chi connectivity index (χ1n) is 8.05. The summed E-state index contributed by atoms with van der Waals surface area (Å²) < 4.78 is 63.7. The number of halogens is 5. The zero-order chi connectivity index (χ0) is 21.8. The highest BCUT2D eigenvalue weighted by molar-refractivity contribution is 6.32. The number of rotatable bonds is 7. The van der Waals surface area contributed by atoms with E-state index in [0.717, 1.165) is 19.2 Å². The van der Waals surface area contributed by atoms with Gasteiger partial charge in [-0.05, 0) is 19.9 Å².